The van der Waals surface area contributed by atoms with Crippen LogP contribution in [0.5, 0.6) is 0 Å². The van der Waals surface area contributed by atoms with Gasteiger partial charge in [0.1, 0.15) is 6.10 Å². The van der Waals surface area contributed by atoms with Gasteiger partial charge in [-0.3, -0.25) is 0 Å². The van der Waals surface area contributed by atoms with E-state index in [9.17, 15) is 10.1 Å². The quantitative estimate of drug-likeness (QED) is 0.497. The maximum Gasteiger partial charge on any atom is 0.294 e. The summed E-state index contributed by atoms with van der Waals surface area (Å²) < 4.78 is 5.15. The highest BCUT2D eigenvalue weighted by atomic mass is 17.0. The Bertz CT molecular complexity index is 185. The van der Waals surface area contributed by atoms with Crippen molar-refractivity contribution in [3.63, 3.8) is 0 Å². The van der Waals surface area contributed by atoms with E-state index >= 15 is 0 Å². The zero-order valence-electron chi connectivity index (χ0n) is 7.93. The van der Waals surface area contributed by atoms with E-state index < -0.39 is 5.09 Å². The molecule has 13 heavy (non-hydrogen) atoms. The summed E-state index contributed by atoms with van der Waals surface area (Å²) in [7, 11) is 1.57. The number of rotatable bonds is 3. The van der Waals surface area contributed by atoms with Crippen molar-refractivity contribution in [1.82, 2.24) is 0 Å². The molecule has 0 aromatic heterocycles. The van der Waals surface area contributed by atoms with E-state index in [0.29, 0.717) is 12.3 Å². The van der Waals surface area contributed by atoms with Crippen molar-refractivity contribution in [2.24, 2.45) is 5.92 Å². The summed E-state index contributed by atoms with van der Waals surface area (Å²) in [6, 6.07) is 0. The first-order valence-corrected chi connectivity index (χ1v) is 4.47. The molecule has 1 fully saturated rings. The van der Waals surface area contributed by atoms with Gasteiger partial charge in [0.25, 0.3) is 5.09 Å². The summed E-state index contributed by atoms with van der Waals surface area (Å²) in [5.41, 5.74) is 0. The van der Waals surface area contributed by atoms with E-state index in [1.165, 1.54) is 0 Å². The normalized spacial score (nSPS) is 34.2. The van der Waals surface area contributed by atoms with E-state index in [0.717, 1.165) is 12.8 Å². The Morgan fingerprint density at radius 1 is 1.38 bits per heavy atom. The maximum absolute atomic E-state index is 10.1. The van der Waals surface area contributed by atoms with Gasteiger partial charge in [0.15, 0.2) is 0 Å². The lowest BCUT2D eigenvalue weighted by atomic mass is 9.86. The van der Waals surface area contributed by atoms with Crippen LogP contribution in [0.4, 0.5) is 0 Å². The van der Waals surface area contributed by atoms with Crippen molar-refractivity contribution in [3.05, 3.63) is 10.1 Å². The maximum atomic E-state index is 10.1. The van der Waals surface area contributed by atoms with Crippen LogP contribution in [-0.2, 0) is 9.57 Å². The standard InChI is InChI=1S/C8H15NO4/c1-6-3-4-7(13-9(10)11)8(5-6)12-2/h6-8H,3-5H2,1-2H3/t6-,7-,8-/m1/s1. The van der Waals surface area contributed by atoms with Crippen LogP contribution in [0.25, 0.3) is 0 Å². The number of hydrogen-bond donors (Lipinski definition) is 0. The van der Waals surface area contributed by atoms with E-state index in [4.69, 9.17) is 4.74 Å². The zero-order valence-corrected chi connectivity index (χ0v) is 7.93. The molecule has 0 aromatic rings. The fourth-order valence-corrected chi connectivity index (χ4v) is 1.78. The molecule has 5 heteroatoms. The highest BCUT2D eigenvalue weighted by Gasteiger charge is 2.31. The molecule has 5 nitrogen and oxygen atoms in total. The topological polar surface area (TPSA) is 61.6 Å². The molecule has 1 rings (SSSR count). The van der Waals surface area contributed by atoms with Gasteiger partial charge in [0.05, 0.1) is 6.10 Å². The fraction of sp³-hybridized carbons (Fsp3) is 1.00. The van der Waals surface area contributed by atoms with Crippen LogP contribution in [0.3, 0.4) is 0 Å². The van der Waals surface area contributed by atoms with Crippen molar-refractivity contribution in [2.75, 3.05) is 7.11 Å². The average Bonchev–Trinajstić information content (AvgIpc) is 2.07. The predicted octanol–water partition coefficient (Wildman–Crippen LogP) is 1.40. The van der Waals surface area contributed by atoms with Crippen molar-refractivity contribution in [1.29, 1.82) is 0 Å². The van der Waals surface area contributed by atoms with Crippen LogP contribution < -0.4 is 0 Å². The Balaban J connectivity index is 2.47. The molecule has 0 aromatic carbocycles. The first-order chi connectivity index (χ1) is 6.13. The van der Waals surface area contributed by atoms with Crippen LogP contribution in [0, 0.1) is 16.0 Å². The highest BCUT2D eigenvalue weighted by Crippen LogP contribution is 2.27. The van der Waals surface area contributed by atoms with Gasteiger partial charge in [0.2, 0.25) is 0 Å². The number of nitrogens with zero attached hydrogens (tertiary/aromatic N) is 1. The Morgan fingerprint density at radius 3 is 2.62 bits per heavy atom. The molecular weight excluding hydrogens is 174 g/mol. The highest BCUT2D eigenvalue weighted by molar-refractivity contribution is 4.78. The molecule has 1 saturated carbocycles. The first-order valence-electron chi connectivity index (χ1n) is 4.47. The number of hydrogen-bond acceptors (Lipinski definition) is 4. The third-order valence-corrected chi connectivity index (χ3v) is 2.52. The van der Waals surface area contributed by atoms with Crippen LogP contribution in [0.15, 0.2) is 0 Å². The second-order valence-electron chi connectivity index (χ2n) is 3.56. The van der Waals surface area contributed by atoms with Crippen LogP contribution >= 0.6 is 0 Å². The van der Waals surface area contributed by atoms with E-state index in [1.807, 2.05) is 0 Å². The Kier molecular flexibility index (Phi) is 3.48. The largest absolute Gasteiger partial charge is 0.379 e. The summed E-state index contributed by atoms with van der Waals surface area (Å²) in [5.74, 6) is 0.566. The average molecular weight is 189 g/mol. The summed E-state index contributed by atoms with van der Waals surface area (Å²) in [6.45, 7) is 2.12. The first kappa shape index (κ1) is 10.2. The minimum atomic E-state index is -0.729. The summed E-state index contributed by atoms with van der Waals surface area (Å²) in [4.78, 5) is 14.7. The molecule has 76 valence electrons. The van der Waals surface area contributed by atoms with Crippen molar-refractivity contribution in [3.8, 4) is 0 Å². The van der Waals surface area contributed by atoms with E-state index in [-0.39, 0.29) is 12.2 Å². The van der Waals surface area contributed by atoms with Gasteiger partial charge in [-0.1, -0.05) is 6.92 Å². The van der Waals surface area contributed by atoms with E-state index in [1.54, 1.807) is 7.11 Å². The lowest BCUT2D eigenvalue weighted by molar-refractivity contribution is -0.771. The lowest BCUT2D eigenvalue weighted by Gasteiger charge is -2.31. The molecule has 1 aliphatic carbocycles. The zero-order chi connectivity index (χ0) is 9.84. The summed E-state index contributed by atoms with van der Waals surface area (Å²) in [6.07, 6.45) is 2.01. The minimum Gasteiger partial charge on any atom is -0.379 e. The van der Waals surface area contributed by atoms with Crippen molar-refractivity contribution >= 4 is 0 Å². The SMILES string of the molecule is CO[C@@H]1C[C@H](C)CC[C@H]1O[N+](=O)[O-]. The molecule has 0 N–H and O–H groups in total. The van der Waals surface area contributed by atoms with Gasteiger partial charge in [-0.15, -0.1) is 10.1 Å². The molecule has 0 spiro atoms. The third kappa shape index (κ3) is 2.84. The smallest absolute Gasteiger partial charge is 0.294 e. The van der Waals surface area contributed by atoms with Crippen molar-refractivity contribution in [2.45, 2.75) is 38.4 Å². The number of methoxy groups -OCH3 is 1. The van der Waals surface area contributed by atoms with Gasteiger partial charge in [-0.2, -0.15) is 0 Å². The minimum absolute atomic E-state index is 0.130. The monoisotopic (exact) mass is 189 g/mol. The lowest BCUT2D eigenvalue weighted by Crippen LogP contribution is -2.37. The van der Waals surface area contributed by atoms with Crippen LogP contribution in [0.1, 0.15) is 26.2 Å². The molecule has 0 unspecified atom stereocenters. The molecule has 0 radical (unpaired) electrons. The summed E-state index contributed by atoms with van der Waals surface area (Å²) in [5, 5.41) is 9.41. The van der Waals surface area contributed by atoms with Gasteiger partial charge >= 0.3 is 0 Å². The molecule has 0 heterocycles. The Morgan fingerprint density at radius 2 is 2.08 bits per heavy atom. The molecule has 0 amide bonds. The van der Waals surface area contributed by atoms with Gasteiger partial charge < -0.3 is 9.57 Å². The van der Waals surface area contributed by atoms with E-state index in [2.05, 4.69) is 11.8 Å². The third-order valence-electron chi connectivity index (χ3n) is 2.52. The molecular formula is C8H15NO4. The molecule has 1 aliphatic rings. The molecule has 0 aliphatic heterocycles. The Labute approximate surface area is 77.1 Å². The Hall–Kier alpha value is -0.840. The number of ether oxygens (including phenoxy) is 1. The van der Waals surface area contributed by atoms with Gasteiger partial charge in [0, 0.05) is 7.11 Å². The molecule has 0 saturated heterocycles. The molecule has 3 atom stereocenters. The second-order valence-corrected chi connectivity index (χ2v) is 3.56. The predicted molar refractivity (Wildman–Crippen MR) is 45.7 cm³/mol. The van der Waals surface area contributed by atoms with Crippen LogP contribution in [-0.4, -0.2) is 24.4 Å². The van der Waals surface area contributed by atoms with Gasteiger partial charge in [-0.05, 0) is 25.2 Å². The molecule has 0 bridgehead atoms. The summed E-state index contributed by atoms with van der Waals surface area (Å²) >= 11 is 0. The second kappa shape index (κ2) is 4.41. The van der Waals surface area contributed by atoms with Gasteiger partial charge in [-0.25, -0.2) is 0 Å². The fourth-order valence-electron chi connectivity index (χ4n) is 1.78. The van der Waals surface area contributed by atoms with Crippen LogP contribution in [0.2, 0.25) is 0 Å². The van der Waals surface area contributed by atoms with Crippen molar-refractivity contribution < 1.29 is 14.7 Å².